The number of amides is 1. The Morgan fingerprint density at radius 2 is 1.78 bits per heavy atom. The number of rotatable bonds is 6. The summed E-state index contributed by atoms with van der Waals surface area (Å²) in [6, 6.07) is 19.4. The van der Waals surface area contributed by atoms with Gasteiger partial charge in [0.15, 0.2) is 0 Å². The molecule has 1 aliphatic rings. The van der Waals surface area contributed by atoms with Crippen molar-refractivity contribution in [1.82, 2.24) is 9.29 Å². The van der Waals surface area contributed by atoms with Crippen LogP contribution < -0.4 is 5.32 Å². The Morgan fingerprint density at radius 3 is 2.50 bits per heavy atom. The molecule has 1 N–H and O–H groups in total. The fraction of sp³-hybridized carbons (Fsp3) is 0.200. The van der Waals surface area contributed by atoms with E-state index in [9.17, 15) is 13.2 Å². The van der Waals surface area contributed by atoms with Crippen LogP contribution in [0.25, 0.3) is 6.08 Å². The summed E-state index contributed by atoms with van der Waals surface area (Å²) in [6.45, 7) is 0.477. The van der Waals surface area contributed by atoms with Gasteiger partial charge in [0, 0.05) is 30.7 Å². The van der Waals surface area contributed by atoms with Crippen molar-refractivity contribution in [2.75, 3.05) is 11.9 Å². The van der Waals surface area contributed by atoms with E-state index in [0.29, 0.717) is 12.2 Å². The second kappa shape index (κ2) is 9.89. The molecule has 1 aromatic heterocycles. The van der Waals surface area contributed by atoms with Crippen molar-refractivity contribution in [3.63, 3.8) is 0 Å². The maximum Gasteiger partial charge on any atom is 0.248 e. The summed E-state index contributed by atoms with van der Waals surface area (Å²) in [6.07, 6.45) is 9.18. The van der Waals surface area contributed by atoms with Crippen molar-refractivity contribution < 1.29 is 13.2 Å². The molecular formula is C25H25N3O3S. The van der Waals surface area contributed by atoms with Crippen molar-refractivity contribution in [3.05, 3.63) is 96.3 Å². The maximum absolute atomic E-state index is 13.4. The smallest absolute Gasteiger partial charge is 0.248 e. The van der Waals surface area contributed by atoms with Crippen molar-refractivity contribution >= 4 is 27.7 Å². The van der Waals surface area contributed by atoms with Gasteiger partial charge in [-0.2, -0.15) is 4.31 Å². The highest BCUT2D eigenvalue weighted by atomic mass is 32.2. The summed E-state index contributed by atoms with van der Waals surface area (Å²) in [5.74, 6) is -0.280. The molecule has 1 atom stereocenters. The zero-order chi connectivity index (χ0) is 22.4. The van der Waals surface area contributed by atoms with E-state index < -0.39 is 10.0 Å². The van der Waals surface area contributed by atoms with E-state index in [4.69, 9.17) is 0 Å². The van der Waals surface area contributed by atoms with Crippen LogP contribution in [0.1, 0.15) is 36.4 Å². The predicted molar refractivity (Wildman–Crippen MR) is 125 cm³/mol. The van der Waals surface area contributed by atoms with Crippen LogP contribution in [-0.4, -0.2) is 30.2 Å². The number of piperidine rings is 1. The van der Waals surface area contributed by atoms with Crippen LogP contribution in [0.4, 0.5) is 5.69 Å². The molecule has 1 unspecified atom stereocenters. The van der Waals surface area contributed by atoms with Crippen LogP contribution in [0.3, 0.4) is 0 Å². The van der Waals surface area contributed by atoms with E-state index in [1.54, 1.807) is 47.0 Å². The number of sulfonamides is 1. The summed E-state index contributed by atoms with van der Waals surface area (Å²) < 4.78 is 28.3. The lowest BCUT2D eigenvalue weighted by atomic mass is 9.99. The number of hydrogen-bond donors (Lipinski definition) is 1. The number of nitrogens with zero attached hydrogens (tertiary/aromatic N) is 2. The number of carbonyl (C=O) groups excluding carboxylic acids is 1. The Hall–Kier alpha value is -3.29. The second-order valence-electron chi connectivity index (χ2n) is 7.67. The molecule has 6 nitrogen and oxygen atoms in total. The second-order valence-corrected chi connectivity index (χ2v) is 9.56. The van der Waals surface area contributed by atoms with Crippen molar-refractivity contribution in [1.29, 1.82) is 0 Å². The molecule has 32 heavy (non-hydrogen) atoms. The highest BCUT2D eigenvalue weighted by molar-refractivity contribution is 7.89. The third kappa shape index (κ3) is 5.12. The molecule has 3 aromatic rings. The molecule has 0 aliphatic carbocycles. The van der Waals surface area contributed by atoms with Gasteiger partial charge < -0.3 is 5.32 Å². The van der Waals surface area contributed by atoms with Crippen LogP contribution in [0.2, 0.25) is 0 Å². The normalized spacial score (nSPS) is 17.3. The van der Waals surface area contributed by atoms with E-state index in [-0.39, 0.29) is 16.8 Å². The van der Waals surface area contributed by atoms with Gasteiger partial charge in [0.2, 0.25) is 15.9 Å². The fourth-order valence-electron chi connectivity index (χ4n) is 3.86. The monoisotopic (exact) mass is 447 g/mol. The molecule has 0 bridgehead atoms. The lowest BCUT2D eigenvalue weighted by Gasteiger charge is -2.34. The first-order chi connectivity index (χ1) is 15.5. The first kappa shape index (κ1) is 21.9. The molecule has 0 spiro atoms. The van der Waals surface area contributed by atoms with Crippen LogP contribution in [0.5, 0.6) is 0 Å². The van der Waals surface area contributed by atoms with Crippen LogP contribution in [0, 0.1) is 0 Å². The highest BCUT2D eigenvalue weighted by Gasteiger charge is 2.34. The average molecular weight is 448 g/mol. The average Bonchev–Trinajstić information content (AvgIpc) is 2.84. The number of benzene rings is 2. The maximum atomic E-state index is 13.4. The Balaban J connectivity index is 1.47. The largest absolute Gasteiger partial charge is 0.323 e. The number of hydrogen-bond acceptors (Lipinski definition) is 4. The quantitative estimate of drug-likeness (QED) is 0.558. The third-order valence-electron chi connectivity index (χ3n) is 5.48. The van der Waals surface area contributed by atoms with Crippen molar-refractivity contribution in [3.8, 4) is 0 Å². The van der Waals surface area contributed by atoms with Gasteiger partial charge in [-0.3, -0.25) is 9.78 Å². The summed E-state index contributed by atoms with van der Waals surface area (Å²) >= 11 is 0. The van der Waals surface area contributed by atoms with Gasteiger partial charge in [-0.25, -0.2) is 8.42 Å². The first-order valence-electron chi connectivity index (χ1n) is 10.6. The molecule has 2 aromatic carbocycles. The number of anilines is 1. The van der Waals surface area contributed by atoms with Gasteiger partial charge in [-0.05, 0) is 60.4 Å². The van der Waals surface area contributed by atoms with Gasteiger partial charge in [-0.15, -0.1) is 0 Å². The molecule has 7 heteroatoms. The Kier molecular flexibility index (Phi) is 6.78. The molecule has 4 rings (SSSR count). The van der Waals surface area contributed by atoms with E-state index in [2.05, 4.69) is 10.3 Å². The van der Waals surface area contributed by atoms with Crippen molar-refractivity contribution in [2.45, 2.75) is 30.2 Å². The molecule has 0 radical (unpaired) electrons. The van der Waals surface area contributed by atoms with Gasteiger partial charge in [-0.1, -0.05) is 42.8 Å². The summed E-state index contributed by atoms with van der Waals surface area (Å²) in [5, 5.41) is 2.76. The van der Waals surface area contributed by atoms with Crippen LogP contribution in [-0.2, 0) is 14.8 Å². The molecule has 1 aliphatic heterocycles. The standard InChI is InChI=1S/C25H25N3O3S/c29-25(16-11-20-7-2-1-3-8-20)27-22-12-14-23(15-13-22)32(30,31)28-18-5-4-10-24(28)21-9-6-17-26-19-21/h1-3,6-9,11-17,19,24H,4-5,10,18H2,(H,27,29)/b16-11+. The minimum atomic E-state index is -3.67. The Bertz CT molecular complexity index is 1180. The van der Waals surface area contributed by atoms with E-state index in [1.807, 2.05) is 42.5 Å². The Morgan fingerprint density at radius 1 is 1.00 bits per heavy atom. The van der Waals surface area contributed by atoms with Gasteiger partial charge in [0.1, 0.15) is 0 Å². The minimum Gasteiger partial charge on any atom is -0.323 e. The van der Waals surface area contributed by atoms with E-state index in [0.717, 1.165) is 30.4 Å². The Labute approximate surface area is 188 Å². The predicted octanol–water partition coefficient (Wildman–Crippen LogP) is 4.65. The fourth-order valence-corrected chi connectivity index (χ4v) is 5.55. The molecule has 1 amide bonds. The molecule has 164 valence electrons. The lowest BCUT2D eigenvalue weighted by molar-refractivity contribution is -0.111. The van der Waals surface area contributed by atoms with Crippen LogP contribution in [0.15, 0.2) is 90.1 Å². The SMILES string of the molecule is O=C(/C=C/c1ccccc1)Nc1ccc(S(=O)(=O)N2CCCCC2c2cccnc2)cc1. The summed E-state index contributed by atoms with van der Waals surface area (Å²) in [4.78, 5) is 16.6. The molecule has 0 saturated carbocycles. The van der Waals surface area contributed by atoms with E-state index in [1.165, 1.54) is 6.08 Å². The number of carbonyl (C=O) groups is 1. The number of aromatic nitrogens is 1. The molecule has 1 saturated heterocycles. The van der Waals surface area contributed by atoms with E-state index >= 15 is 0 Å². The summed E-state index contributed by atoms with van der Waals surface area (Å²) in [7, 11) is -3.67. The zero-order valence-corrected chi connectivity index (χ0v) is 18.4. The van der Waals surface area contributed by atoms with Crippen LogP contribution >= 0.6 is 0 Å². The third-order valence-corrected chi connectivity index (χ3v) is 7.40. The minimum absolute atomic E-state index is 0.214. The number of pyridine rings is 1. The molecule has 1 fully saturated rings. The topological polar surface area (TPSA) is 79.4 Å². The number of nitrogens with one attached hydrogen (secondary N) is 1. The van der Waals surface area contributed by atoms with Gasteiger partial charge in [0.05, 0.1) is 10.9 Å². The first-order valence-corrected chi connectivity index (χ1v) is 12.0. The zero-order valence-electron chi connectivity index (χ0n) is 17.6. The van der Waals surface area contributed by atoms with Crippen molar-refractivity contribution in [2.24, 2.45) is 0 Å². The highest BCUT2D eigenvalue weighted by Crippen LogP contribution is 2.35. The molecule has 2 heterocycles. The summed E-state index contributed by atoms with van der Waals surface area (Å²) in [5.41, 5.74) is 2.37. The van der Waals surface area contributed by atoms with Gasteiger partial charge >= 0.3 is 0 Å². The lowest BCUT2D eigenvalue weighted by Crippen LogP contribution is -2.38. The molecular weight excluding hydrogens is 422 g/mol. The van der Waals surface area contributed by atoms with Gasteiger partial charge in [0.25, 0.3) is 0 Å².